The fraction of sp³-hybridized carbons (Fsp3) is 0.259. The molecule has 0 radical (unpaired) electrons. The third kappa shape index (κ3) is 7.00. The van der Waals surface area contributed by atoms with Gasteiger partial charge in [-0.05, 0) is 48.2 Å². The van der Waals surface area contributed by atoms with Crippen molar-refractivity contribution in [1.29, 1.82) is 0 Å². The first-order valence-corrected chi connectivity index (χ1v) is 11.3. The summed E-state index contributed by atoms with van der Waals surface area (Å²) in [7, 11) is 0. The molecule has 7 nitrogen and oxygen atoms in total. The lowest BCUT2D eigenvalue weighted by Gasteiger charge is -2.08. The highest BCUT2D eigenvalue weighted by Gasteiger charge is 2.13. The van der Waals surface area contributed by atoms with E-state index in [0.717, 1.165) is 35.1 Å². The highest BCUT2D eigenvalue weighted by atomic mass is 16.4. The standard InChI is InChI=1S/C27H29N3O4/c1-3-5-21-14-22(16-23(15-21)27(34)28-18-26(32)33)6-4-13-30-24(11-12-29-30)25(31)17-20-9-7-19(2)8-10-20/h4,6-12,14-16H,3,5,13,17-18H2,1-2H3,(H,28,34)(H,32,33)/b6-4+. The number of amides is 1. The van der Waals surface area contributed by atoms with E-state index in [-0.39, 0.29) is 5.78 Å². The first-order chi connectivity index (χ1) is 16.4. The Balaban J connectivity index is 1.72. The predicted octanol–water partition coefficient (Wildman–Crippen LogP) is 4.10. The molecule has 3 rings (SSSR count). The van der Waals surface area contributed by atoms with Crippen LogP contribution < -0.4 is 5.32 Å². The number of carbonyl (C=O) groups excluding carboxylic acids is 2. The van der Waals surface area contributed by atoms with E-state index in [1.807, 2.05) is 49.4 Å². The predicted molar refractivity (Wildman–Crippen MR) is 131 cm³/mol. The first kappa shape index (κ1) is 24.6. The van der Waals surface area contributed by atoms with E-state index in [2.05, 4.69) is 17.3 Å². The number of hydrogen-bond acceptors (Lipinski definition) is 4. The van der Waals surface area contributed by atoms with Gasteiger partial charge in [0.05, 0.1) is 6.54 Å². The van der Waals surface area contributed by atoms with Gasteiger partial charge in [-0.15, -0.1) is 0 Å². The number of Topliss-reactive ketones (excluding diaryl/α,β-unsaturated/α-hetero) is 1. The molecule has 2 aromatic carbocycles. The number of carboxylic acid groups (broad SMARTS) is 1. The largest absolute Gasteiger partial charge is 0.480 e. The van der Waals surface area contributed by atoms with Gasteiger partial charge in [0.2, 0.25) is 0 Å². The van der Waals surface area contributed by atoms with Gasteiger partial charge in [0.15, 0.2) is 5.78 Å². The molecule has 0 bridgehead atoms. The monoisotopic (exact) mass is 459 g/mol. The van der Waals surface area contributed by atoms with Crippen LogP contribution in [0.4, 0.5) is 0 Å². The average Bonchev–Trinajstić information content (AvgIpc) is 3.28. The van der Waals surface area contributed by atoms with Crippen molar-refractivity contribution in [1.82, 2.24) is 15.1 Å². The van der Waals surface area contributed by atoms with Gasteiger partial charge in [-0.3, -0.25) is 19.1 Å². The molecule has 1 amide bonds. The van der Waals surface area contributed by atoms with Crippen molar-refractivity contribution in [3.05, 3.63) is 94.3 Å². The third-order valence-electron chi connectivity index (χ3n) is 5.29. The normalized spacial score (nSPS) is 11.0. The number of aryl methyl sites for hydroxylation is 2. The number of aromatic nitrogens is 2. The number of benzene rings is 2. The van der Waals surface area contributed by atoms with E-state index >= 15 is 0 Å². The zero-order valence-electron chi connectivity index (χ0n) is 19.5. The van der Waals surface area contributed by atoms with E-state index in [0.29, 0.717) is 24.2 Å². The summed E-state index contributed by atoms with van der Waals surface area (Å²) in [6.45, 7) is 4.04. The van der Waals surface area contributed by atoms with Crippen molar-refractivity contribution in [3.63, 3.8) is 0 Å². The van der Waals surface area contributed by atoms with Gasteiger partial charge in [-0.2, -0.15) is 5.10 Å². The summed E-state index contributed by atoms with van der Waals surface area (Å²) in [5.74, 6) is -1.52. The Hall–Kier alpha value is -4.00. The highest BCUT2D eigenvalue weighted by Crippen LogP contribution is 2.15. The lowest BCUT2D eigenvalue weighted by Crippen LogP contribution is -2.29. The van der Waals surface area contributed by atoms with E-state index in [4.69, 9.17) is 5.11 Å². The molecular formula is C27H29N3O4. The van der Waals surface area contributed by atoms with Gasteiger partial charge in [0.1, 0.15) is 12.2 Å². The summed E-state index contributed by atoms with van der Waals surface area (Å²) in [6, 6.07) is 15.1. The molecule has 176 valence electrons. The van der Waals surface area contributed by atoms with Crippen LogP contribution in [0.1, 0.15) is 56.4 Å². The maximum Gasteiger partial charge on any atom is 0.322 e. The van der Waals surface area contributed by atoms with Crippen LogP contribution >= 0.6 is 0 Å². The summed E-state index contributed by atoms with van der Waals surface area (Å²) >= 11 is 0. The van der Waals surface area contributed by atoms with Crippen LogP contribution in [0.5, 0.6) is 0 Å². The molecule has 2 N–H and O–H groups in total. The van der Waals surface area contributed by atoms with Gasteiger partial charge in [0.25, 0.3) is 5.91 Å². The lowest BCUT2D eigenvalue weighted by atomic mass is 10.0. The number of carbonyl (C=O) groups is 3. The number of aliphatic carboxylic acids is 1. The molecule has 0 saturated carbocycles. The van der Waals surface area contributed by atoms with E-state index in [1.165, 1.54) is 0 Å². The topological polar surface area (TPSA) is 101 Å². The summed E-state index contributed by atoms with van der Waals surface area (Å²) in [4.78, 5) is 35.9. The molecule has 0 unspecified atom stereocenters. The van der Waals surface area contributed by atoms with Crippen LogP contribution in [0.3, 0.4) is 0 Å². The minimum atomic E-state index is -1.09. The van der Waals surface area contributed by atoms with Gasteiger partial charge < -0.3 is 10.4 Å². The van der Waals surface area contributed by atoms with Crippen LogP contribution in [0, 0.1) is 6.92 Å². The fourth-order valence-corrected chi connectivity index (χ4v) is 3.62. The van der Waals surface area contributed by atoms with E-state index < -0.39 is 18.4 Å². The van der Waals surface area contributed by atoms with Crippen LogP contribution in [0.15, 0.2) is 60.8 Å². The molecule has 7 heteroatoms. The molecule has 0 aliphatic carbocycles. The number of hydrogen-bond donors (Lipinski definition) is 2. The maximum absolute atomic E-state index is 12.8. The minimum Gasteiger partial charge on any atom is -0.480 e. The quantitative estimate of drug-likeness (QED) is 0.421. The summed E-state index contributed by atoms with van der Waals surface area (Å²) in [5.41, 5.74) is 4.89. The van der Waals surface area contributed by atoms with Crippen molar-refractivity contribution < 1.29 is 19.5 Å². The molecule has 0 fully saturated rings. The van der Waals surface area contributed by atoms with Crippen molar-refractivity contribution >= 4 is 23.7 Å². The van der Waals surface area contributed by atoms with E-state index in [1.54, 1.807) is 29.1 Å². The zero-order chi connectivity index (χ0) is 24.5. The molecule has 0 saturated heterocycles. The Morgan fingerprint density at radius 3 is 2.53 bits per heavy atom. The highest BCUT2D eigenvalue weighted by molar-refractivity contribution is 5.97. The van der Waals surface area contributed by atoms with Gasteiger partial charge in [0, 0.05) is 18.2 Å². The first-order valence-electron chi connectivity index (χ1n) is 11.3. The molecular weight excluding hydrogens is 430 g/mol. The summed E-state index contributed by atoms with van der Waals surface area (Å²) in [6.07, 6.45) is 7.41. The Bertz CT molecular complexity index is 1190. The molecule has 1 heterocycles. The maximum atomic E-state index is 12.8. The van der Waals surface area contributed by atoms with Crippen LogP contribution in [0.25, 0.3) is 6.08 Å². The molecule has 0 aliphatic heterocycles. The SMILES string of the molecule is CCCc1cc(/C=C/Cn2nccc2C(=O)Cc2ccc(C)cc2)cc(C(=O)NCC(=O)O)c1. The lowest BCUT2D eigenvalue weighted by molar-refractivity contribution is -0.135. The molecule has 1 aromatic heterocycles. The Morgan fingerprint density at radius 2 is 1.82 bits per heavy atom. The molecule has 0 atom stereocenters. The number of carboxylic acids is 1. The molecule has 3 aromatic rings. The number of allylic oxidation sites excluding steroid dienone is 1. The average molecular weight is 460 g/mol. The second-order valence-electron chi connectivity index (χ2n) is 8.18. The van der Waals surface area contributed by atoms with Crippen molar-refractivity contribution in [2.75, 3.05) is 6.54 Å². The summed E-state index contributed by atoms with van der Waals surface area (Å²) in [5, 5.41) is 15.5. The van der Waals surface area contributed by atoms with Gasteiger partial charge >= 0.3 is 5.97 Å². The fourth-order valence-electron chi connectivity index (χ4n) is 3.62. The minimum absolute atomic E-state index is 0.00270. The Morgan fingerprint density at radius 1 is 1.06 bits per heavy atom. The molecule has 0 spiro atoms. The third-order valence-corrected chi connectivity index (χ3v) is 5.29. The molecule has 0 aliphatic rings. The smallest absolute Gasteiger partial charge is 0.322 e. The second-order valence-corrected chi connectivity index (χ2v) is 8.18. The van der Waals surface area contributed by atoms with Crippen molar-refractivity contribution in [3.8, 4) is 0 Å². The van der Waals surface area contributed by atoms with Gasteiger partial charge in [-0.25, -0.2) is 0 Å². The Labute approximate surface area is 199 Å². The van der Waals surface area contributed by atoms with Crippen molar-refractivity contribution in [2.24, 2.45) is 0 Å². The van der Waals surface area contributed by atoms with E-state index in [9.17, 15) is 14.4 Å². The number of nitrogens with zero attached hydrogens (tertiary/aromatic N) is 2. The summed E-state index contributed by atoms with van der Waals surface area (Å²) < 4.78 is 1.66. The van der Waals surface area contributed by atoms with Crippen molar-refractivity contribution in [2.45, 2.75) is 39.7 Å². The number of rotatable bonds is 11. The molecule has 34 heavy (non-hydrogen) atoms. The Kier molecular flexibility index (Phi) is 8.51. The number of ketones is 1. The van der Waals surface area contributed by atoms with Gasteiger partial charge in [-0.1, -0.05) is 61.4 Å². The zero-order valence-corrected chi connectivity index (χ0v) is 19.5. The second kappa shape index (κ2) is 11.7. The van der Waals surface area contributed by atoms with Crippen LogP contribution in [-0.4, -0.2) is 39.1 Å². The number of nitrogens with one attached hydrogen (secondary N) is 1. The van der Waals surface area contributed by atoms with Crippen LogP contribution in [-0.2, 0) is 24.2 Å². The van der Waals surface area contributed by atoms with Crippen LogP contribution in [0.2, 0.25) is 0 Å².